The van der Waals surface area contributed by atoms with E-state index in [1.165, 1.54) is 19.3 Å². The van der Waals surface area contributed by atoms with Crippen molar-refractivity contribution in [2.24, 2.45) is 11.7 Å². The molecule has 0 aromatic heterocycles. The Bertz CT molecular complexity index is 328. The lowest BCUT2D eigenvalue weighted by molar-refractivity contribution is 0.223. The highest BCUT2D eigenvalue weighted by molar-refractivity contribution is 5.19. The molecule has 0 radical (unpaired) electrons. The van der Waals surface area contributed by atoms with Gasteiger partial charge in [-0.3, -0.25) is 0 Å². The largest absolute Gasteiger partial charge is 0.394 e. The standard InChI is InChI=1S/C14H22N2O/c15-9-12-7-4-8-13(12)16-14(10-17)11-5-2-1-3-6-11/h1-3,5-6,12-14,16-17H,4,7-10,15H2. The monoisotopic (exact) mass is 234 g/mol. The van der Waals surface area contributed by atoms with E-state index in [0.717, 1.165) is 12.1 Å². The Morgan fingerprint density at radius 1 is 1.29 bits per heavy atom. The lowest BCUT2D eigenvalue weighted by Crippen LogP contribution is -2.39. The van der Waals surface area contributed by atoms with Gasteiger partial charge in [0.15, 0.2) is 0 Å². The fourth-order valence-corrected chi connectivity index (χ4v) is 2.74. The molecule has 1 saturated carbocycles. The third kappa shape index (κ3) is 3.06. The molecule has 3 heteroatoms. The second-order valence-corrected chi connectivity index (χ2v) is 4.85. The van der Waals surface area contributed by atoms with Crippen LogP contribution in [0.4, 0.5) is 0 Å². The summed E-state index contributed by atoms with van der Waals surface area (Å²) >= 11 is 0. The van der Waals surface area contributed by atoms with Gasteiger partial charge in [0.25, 0.3) is 0 Å². The molecule has 3 atom stereocenters. The van der Waals surface area contributed by atoms with Crippen molar-refractivity contribution in [3.8, 4) is 0 Å². The van der Waals surface area contributed by atoms with Gasteiger partial charge in [-0.05, 0) is 30.9 Å². The normalized spacial score (nSPS) is 26.0. The van der Waals surface area contributed by atoms with Crippen LogP contribution in [0, 0.1) is 5.92 Å². The topological polar surface area (TPSA) is 58.3 Å². The Hall–Kier alpha value is -0.900. The van der Waals surface area contributed by atoms with Gasteiger partial charge in [-0.1, -0.05) is 36.8 Å². The molecule has 2 rings (SSSR count). The van der Waals surface area contributed by atoms with Crippen molar-refractivity contribution in [1.29, 1.82) is 0 Å². The van der Waals surface area contributed by atoms with E-state index in [9.17, 15) is 5.11 Å². The first-order chi connectivity index (χ1) is 8.35. The molecule has 94 valence electrons. The number of benzene rings is 1. The Kier molecular flexibility index (Phi) is 4.54. The number of rotatable bonds is 5. The van der Waals surface area contributed by atoms with E-state index >= 15 is 0 Å². The third-order valence-corrected chi connectivity index (χ3v) is 3.76. The van der Waals surface area contributed by atoms with E-state index in [0.29, 0.717) is 12.0 Å². The molecule has 1 fully saturated rings. The van der Waals surface area contributed by atoms with Crippen molar-refractivity contribution in [2.45, 2.75) is 31.3 Å². The highest BCUT2D eigenvalue weighted by atomic mass is 16.3. The summed E-state index contributed by atoms with van der Waals surface area (Å²) < 4.78 is 0. The molecule has 0 heterocycles. The highest BCUT2D eigenvalue weighted by Crippen LogP contribution is 2.27. The van der Waals surface area contributed by atoms with Gasteiger partial charge < -0.3 is 16.2 Å². The molecule has 1 aromatic rings. The number of nitrogens with two attached hydrogens (primary N) is 1. The molecule has 0 spiro atoms. The smallest absolute Gasteiger partial charge is 0.0626 e. The number of aliphatic hydroxyl groups excluding tert-OH is 1. The van der Waals surface area contributed by atoms with Crippen LogP contribution in [-0.4, -0.2) is 24.3 Å². The molecule has 3 nitrogen and oxygen atoms in total. The molecule has 0 aliphatic heterocycles. The van der Waals surface area contributed by atoms with Gasteiger partial charge in [-0.2, -0.15) is 0 Å². The van der Waals surface area contributed by atoms with E-state index < -0.39 is 0 Å². The number of hydrogen-bond acceptors (Lipinski definition) is 3. The van der Waals surface area contributed by atoms with E-state index in [1.54, 1.807) is 0 Å². The zero-order valence-electron chi connectivity index (χ0n) is 10.2. The molecule has 4 N–H and O–H groups in total. The second-order valence-electron chi connectivity index (χ2n) is 4.85. The summed E-state index contributed by atoms with van der Waals surface area (Å²) in [6.45, 7) is 0.877. The average molecular weight is 234 g/mol. The average Bonchev–Trinajstić information content (AvgIpc) is 2.84. The van der Waals surface area contributed by atoms with E-state index in [2.05, 4.69) is 17.4 Å². The van der Waals surface area contributed by atoms with Crippen LogP contribution in [0.3, 0.4) is 0 Å². The molecule has 0 amide bonds. The van der Waals surface area contributed by atoms with Crippen LogP contribution in [0.5, 0.6) is 0 Å². The molecule has 0 bridgehead atoms. The SMILES string of the molecule is NCC1CCCC1NC(CO)c1ccccc1. The maximum Gasteiger partial charge on any atom is 0.0626 e. The fourth-order valence-electron chi connectivity index (χ4n) is 2.74. The van der Waals surface area contributed by atoms with Crippen LogP contribution < -0.4 is 11.1 Å². The minimum atomic E-state index is 0.0355. The molecular formula is C14H22N2O. The summed E-state index contributed by atoms with van der Waals surface area (Å²) in [5.41, 5.74) is 6.93. The first-order valence-electron chi connectivity index (χ1n) is 6.47. The van der Waals surface area contributed by atoms with Gasteiger partial charge in [0.1, 0.15) is 0 Å². The molecule has 3 unspecified atom stereocenters. The van der Waals surface area contributed by atoms with Crippen LogP contribution in [0.1, 0.15) is 30.9 Å². The molecule has 1 aliphatic carbocycles. The Balaban J connectivity index is 2.00. The third-order valence-electron chi connectivity index (χ3n) is 3.76. The molecular weight excluding hydrogens is 212 g/mol. The van der Waals surface area contributed by atoms with Crippen molar-refractivity contribution in [3.63, 3.8) is 0 Å². The van der Waals surface area contributed by atoms with Crippen LogP contribution in [0.15, 0.2) is 30.3 Å². The maximum atomic E-state index is 9.51. The van der Waals surface area contributed by atoms with E-state index in [1.807, 2.05) is 18.2 Å². The first-order valence-corrected chi connectivity index (χ1v) is 6.47. The number of nitrogens with one attached hydrogen (secondary N) is 1. The van der Waals surface area contributed by atoms with Gasteiger partial charge in [-0.25, -0.2) is 0 Å². The predicted molar refractivity (Wildman–Crippen MR) is 69.6 cm³/mol. The van der Waals surface area contributed by atoms with Crippen molar-refractivity contribution < 1.29 is 5.11 Å². The second kappa shape index (κ2) is 6.15. The lowest BCUT2D eigenvalue weighted by atomic mass is 10.0. The van der Waals surface area contributed by atoms with E-state index in [4.69, 9.17) is 5.73 Å². The van der Waals surface area contributed by atoms with Crippen LogP contribution in [0.2, 0.25) is 0 Å². The molecule has 1 aliphatic rings. The summed E-state index contributed by atoms with van der Waals surface area (Å²) in [5.74, 6) is 0.563. The van der Waals surface area contributed by atoms with Crippen molar-refractivity contribution in [3.05, 3.63) is 35.9 Å². The van der Waals surface area contributed by atoms with Crippen molar-refractivity contribution in [2.75, 3.05) is 13.2 Å². The van der Waals surface area contributed by atoms with E-state index in [-0.39, 0.29) is 12.6 Å². The number of hydrogen-bond donors (Lipinski definition) is 3. The van der Waals surface area contributed by atoms with Crippen LogP contribution >= 0.6 is 0 Å². The summed E-state index contributed by atoms with van der Waals surface area (Å²) in [4.78, 5) is 0. The van der Waals surface area contributed by atoms with Gasteiger partial charge in [0.2, 0.25) is 0 Å². The Morgan fingerprint density at radius 2 is 2.06 bits per heavy atom. The maximum absolute atomic E-state index is 9.51. The summed E-state index contributed by atoms with van der Waals surface area (Å²) in [6, 6.07) is 10.6. The Labute approximate surface area is 103 Å². The first kappa shape index (κ1) is 12.6. The quantitative estimate of drug-likeness (QED) is 0.722. The minimum Gasteiger partial charge on any atom is -0.394 e. The highest BCUT2D eigenvalue weighted by Gasteiger charge is 2.27. The van der Waals surface area contributed by atoms with Crippen LogP contribution in [-0.2, 0) is 0 Å². The zero-order valence-corrected chi connectivity index (χ0v) is 10.2. The van der Waals surface area contributed by atoms with Crippen LogP contribution in [0.25, 0.3) is 0 Å². The van der Waals surface area contributed by atoms with Gasteiger partial charge in [0, 0.05) is 6.04 Å². The zero-order chi connectivity index (χ0) is 12.1. The Morgan fingerprint density at radius 3 is 2.71 bits per heavy atom. The number of aliphatic hydroxyl groups is 1. The summed E-state index contributed by atoms with van der Waals surface area (Å²) in [7, 11) is 0. The van der Waals surface area contributed by atoms with Gasteiger partial charge in [0.05, 0.1) is 12.6 Å². The van der Waals surface area contributed by atoms with Gasteiger partial charge >= 0.3 is 0 Å². The lowest BCUT2D eigenvalue weighted by Gasteiger charge is -2.25. The summed E-state index contributed by atoms with van der Waals surface area (Å²) in [6.07, 6.45) is 3.62. The molecule has 1 aromatic carbocycles. The van der Waals surface area contributed by atoms with Crippen molar-refractivity contribution in [1.82, 2.24) is 5.32 Å². The fraction of sp³-hybridized carbons (Fsp3) is 0.571. The predicted octanol–water partition coefficient (Wildman–Crippen LogP) is 1.44. The summed E-state index contributed by atoms with van der Waals surface area (Å²) in [5, 5.41) is 13.1. The minimum absolute atomic E-state index is 0.0355. The van der Waals surface area contributed by atoms with Gasteiger partial charge in [-0.15, -0.1) is 0 Å². The molecule has 17 heavy (non-hydrogen) atoms. The van der Waals surface area contributed by atoms with Crippen molar-refractivity contribution >= 4 is 0 Å². The molecule has 0 saturated heterocycles.